The summed E-state index contributed by atoms with van der Waals surface area (Å²) in [6.07, 6.45) is 9.39. The molecule has 0 spiro atoms. The number of nitrogens with zero attached hydrogens (tertiary/aromatic N) is 3. The number of amides is 2. The molecule has 3 rings (SSSR count). The Morgan fingerprint density at radius 2 is 1.85 bits per heavy atom. The van der Waals surface area contributed by atoms with Crippen molar-refractivity contribution in [3.05, 3.63) is 58.9 Å². The fourth-order valence-electron chi connectivity index (χ4n) is 4.66. The van der Waals surface area contributed by atoms with Gasteiger partial charge in [-0.05, 0) is 43.0 Å². The summed E-state index contributed by atoms with van der Waals surface area (Å²) in [5.74, 6) is -0.118. The van der Waals surface area contributed by atoms with Crippen molar-refractivity contribution in [1.29, 1.82) is 0 Å². The molecular weight excluding hydrogens is 450 g/mol. The second kappa shape index (κ2) is 13.5. The molecule has 1 fully saturated rings. The number of rotatable bonds is 12. The second-order valence-corrected chi connectivity index (χ2v) is 9.54. The van der Waals surface area contributed by atoms with Crippen molar-refractivity contribution < 1.29 is 14.3 Å². The molecule has 1 aliphatic carbocycles. The highest BCUT2D eigenvalue weighted by Gasteiger charge is 2.28. The third-order valence-corrected chi connectivity index (χ3v) is 6.99. The molecule has 1 saturated carbocycles. The summed E-state index contributed by atoms with van der Waals surface area (Å²) in [5.41, 5.74) is 2.12. The van der Waals surface area contributed by atoms with Gasteiger partial charge in [0.15, 0.2) is 0 Å². The van der Waals surface area contributed by atoms with Gasteiger partial charge >= 0.3 is 0 Å². The third kappa shape index (κ3) is 7.34. The molecule has 6 nitrogen and oxygen atoms in total. The molecule has 0 N–H and O–H groups in total. The minimum atomic E-state index is -0.130. The molecule has 2 aromatic rings. The Morgan fingerprint density at radius 3 is 2.56 bits per heavy atom. The number of carbonyl (C=O) groups excluding carboxylic acids is 2. The Morgan fingerprint density at radius 1 is 1.09 bits per heavy atom. The molecule has 0 radical (unpaired) electrons. The van der Waals surface area contributed by atoms with E-state index in [2.05, 4.69) is 17.6 Å². The molecule has 2 amide bonds. The Labute approximate surface area is 208 Å². The molecule has 1 aliphatic rings. The van der Waals surface area contributed by atoms with Gasteiger partial charge in [-0.15, -0.1) is 0 Å². The van der Waals surface area contributed by atoms with Gasteiger partial charge < -0.3 is 19.1 Å². The third-order valence-electron chi connectivity index (χ3n) is 6.62. The van der Waals surface area contributed by atoms with E-state index >= 15 is 0 Å². The SMILES string of the molecule is CCCCN(CC(=O)N(Cc1cccn1Cc1ccccc1Cl)C1CCCCC1)C(=O)COC. The Bertz CT molecular complexity index is 923. The van der Waals surface area contributed by atoms with Crippen LogP contribution < -0.4 is 0 Å². The van der Waals surface area contributed by atoms with Crippen molar-refractivity contribution >= 4 is 23.4 Å². The van der Waals surface area contributed by atoms with Crippen molar-refractivity contribution in [2.75, 3.05) is 26.8 Å². The van der Waals surface area contributed by atoms with Crippen molar-refractivity contribution in [1.82, 2.24) is 14.4 Å². The molecule has 0 atom stereocenters. The van der Waals surface area contributed by atoms with Gasteiger partial charge in [0, 0.05) is 43.2 Å². The van der Waals surface area contributed by atoms with Gasteiger partial charge in [0.2, 0.25) is 11.8 Å². The topological polar surface area (TPSA) is 54.8 Å². The Balaban J connectivity index is 1.79. The predicted molar refractivity (Wildman–Crippen MR) is 136 cm³/mol. The molecule has 34 heavy (non-hydrogen) atoms. The summed E-state index contributed by atoms with van der Waals surface area (Å²) >= 11 is 6.40. The highest BCUT2D eigenvalue weighted by molar-refractivity contribution is 6.31. The predicted octanol–water partition coefficient (Wildman–Crippen LogP) is 5.13. The summed E-state index contributed by atoms with van der Waals surface area (Å²) < 4.78 is 7.22. The van der Waals surface area contributed by atoms with Crippen LogP contribution in [0.4, 0.5) is 0 Å². The van der Waals surface area contributed by atoms with Gasteiger partial charge in [0.25, 0.3) is 0 Å². The summed E-state index contributed by atoms with van der Waals surface area (Å²) in [6, 6.07) is 12.2. The van der Waals surface area contributed by atoms with Crippen LogP contribution in [0.25, 0.3) is 0 Å². The van der Waals surface area contributed by atoms with E-state index in [1.54, 1.807) is 4.90 Å². The summed E-state index contributed by atoms with van der Waals surface area (Å²) in [4.78, 5) is 29.9. The standard InChI is InChI=1S/C27H38ClN3O3/c1-3-4-16-30(27(33)21-34-2)20-26(32)31(23-12-6-5-7-13-23)19-24-14-10-17-29(24)18-22-11-8-9-15-25(22)28/h8-11,14-15,17,23H,3-7,12-13,16,18-21H2,1-2H3. The molecule has 1 aromatic heterocycles. The number of carbonyl (C=O) groups is 2. The van der Waals surface area contributed by atoms with Crippen LogP contribution in [0.1, 0.15) is 63.1 Å². The summed E-state index contributed by atoms with van der Waals surface area (Å²) in [6.45, 7) is 3.95. The zero-order valence-electron chi connectivity index (χ0n) is 20.5. The second-order valence-electron chi connectivity index (χ2n) is 9.13. The van der Waals surface area contributed by atoms with Crippen LogP contribution >= 0.6 is 11.6 Å². The first-order valence-electron chi connectivity index (χ1n) is 12.5. The largest absolute Gasteiger partial charge is 0.375 e. The number of hydrogen-bond acceptors (Lipinski definition) is 3. The Hall–Kier alpha value is -2.31. The van der Waals surface area contributed by atoms with Crippen LogP contribution in [0.5, 0.6) is 0 Å². The van der Waals surface area contributed by atoms with Gasteiger partial charge in [-0.3, -0.25) is 9.59 Å². The van der Waals surface area contributed by atoms with E-state index in [0.29, 0.717) is 19.6 Å². The van der Waals surface area contributed by atoms with Crippen LogP contribution in [0, 0.1) is 0 Å². The number of methoxy groups -OCH3 is 1. The van der Waals surface area contributed by atoms with E-state index in [0.717, 1.165) is 54.8 Å². The van der Waals surface area contributed by atoms with E-state index in [-0.39, 0.29) is 31.0 Å². The lowest BCUT2D eigenvalue weighted by atomic mass is 9.94. The molecule has 0 bridgehead atoms. The van der Waals surface area contributed by atoms with Crippen LogP contribution in [0.3, 0.4) is 0 Å². The zero-order chi connectivity index (χ0) is 24.3. The molecule has 7 heteroatoms. The van der Waals surface area contributed by atoms with E-state index in [1.807, 2.05) is 41.4 Å². The van der Waals surface area contributed by atoms with Crippen molar-refractivity contribution in [2.24, 2.45) is 0 Å². The maximum absolute atomic E-state index is 13.6. The lowest BCUT2D eigenvalue weighted by Gasteiger charge is -2.36. The number of halogens is 1. The first kappa shape index (κ1) is 26.3. The number of benzene rings is 1. The van der Waals surface area contributed by atoms with Crippen LogP contribution in [0.2, 0.25) is 5.02 Å². The lowest BCUT2D eigenvalue weighted by Crippen LogP contribution is -2.48. The molecule has 1 aromatic carbocycles. The molecule has 0 saturated heterocycles. The number of hydrogen-bond donors (Lipinski definition) is 0. The van der Waals surface area contributed by atoms with Crippen LogP contribution in [-0.4, -0.2) is 59.0 Å². The lowest BCUT2D eigenvalue weighted by molar-refractivity contribution is -0.144. The van der Waals surface area contributed by atoms with Gasteiger partial charge in [-0.2, -0.15) is 0 Å². The first-order valence-corrected chi connectivity index (χ1v) is 12.8. The van der Waals surface area contributed by atoms with E-state index < -0.39 is 0 Å². The summed E-state index contributed by atoms with van der Waals surface area (Å²) in [7, 11) is 1.51. The molecule has 186 valence electrons. The van der Waals surface area contributed by atoms with Crippen LogP contribution in [-0.2, 0) is 27.4 Å². The highest BCUT2D eigenvalue weighted by Crippen LogP contribution is 2.25. The number of unbranched alkanes of at least 4 members (excludes halogenated alkanes) is 1. The highest BCUT2D eigenvalue weighted by atomic mass is 35.5. The van der Waals surface area contributed by atoms with Gasteiger partial charge in [0.1, 0.15) is 6.61 Å². The zero-order valence-corrected chi connectivity index (χ0v) is 21.3. The first-order chi connectivity index (χ1) is 16.5. The fraction of sp³-hybridized carbons (Fsp3) is 0.556. The molecule has 1 heterocycles. The van der Waals surface area contributed by atoms with E-state index in [4.69, 9.17) is 16.3 Å². The molecule has 0 aliphatic heterocycles. The summed E-state index contributed by atoms with van der Waals surface area (Å²) in [5, 5.41) is 0.741. The monoisotopic (exact) mass is 487 g/mol. The molecule has 0 unspecified atom stereocenters. The Kier molecular flexibility index (Phi) is 10.5. The quantitative estimate of drug-likeness (QED) is 0.417. The van der Waals surface area contributed by atoms with Gasteiger partial charge in [-0.25, -0.2) is 0 Å². The van der Waals surface area contributed by atoms with Gasteiger partial charge in [-0.1, -0.05) is 62.4 Å². The average molecular weight is 488 g/mol. The minimum absolute atomic E-state index is 0.00110. The van der Waals surface area contributed by atoms with E-state index in [1.165, 1.54) is 13.5 Å². The van der Waals surface area contributed by atoms with Crippen molar-refractivity contribution in [2.45, 2.75) is 71.0 Å². The number of ether oxygens (including phenoxy) is 1. The van der Waals surface area contributed by atoms with E-state index in [9.17, 15) is 9.59 Å². The van der Waals surface area contributed by atoms with Crippen molar-refractivity contribution in [3.63, 3.8) is 0 Å². The molecular formula is C27H38ClN3O3. The number of aromatic nitrogens is 1. The van der Waals surface area contributed by atoms with Crippen molar-refractivity contribution in [3.8, 4) is 0 Å². The fourth-order valence-corrected chi connectivity index (χ4v) is 4.85. The normalized spacial score (nSPS) is 14.2. The minimum Gasteiger partial charge on any atom is -0.375 e. The maximum Gasteiger partial charge on any atom is 0.249 e. The van der Waals surface area contributed by atoms with Crippen LogP contribution in [0.15, 0.2) is 42.6 Å². The smallest absolute Gasteiger partial charge is 0.249 e. The maximum atomic E-state index is 13.6. The average Bonchev–Trinajstić information content (AvgIpc) is 3.28. The van der Waals surface area contributed by atoms with Gasteiger partial charge in [0.05, 0.1) is 13.1 Å².